The van der Waals surface area contributed by atoms with E-state index in [1.54, 1.807) is 13.0 Å². The summed E-state index contributed by atoms with van der Waals surface area (Å²) in [6.45, 7) is 2.24. The van der Waals surface area contributed by atoms with Crippen LogP contribution in [0.1, 0.15) is 21.9 Å². The van der Waals surface area contributed by atoms with E-state index in [4.69, 9.17) is 9.52 Å². The van der Waals surface area contributed by atoms with E-state index in [1.807, 2.05) is 35.0 Å². The Bertz CT molecular complexity index is 801. The first-order chi connectivity index (χ1) is 9.54. The molecule has 0 fully saturated rings. The van der Waals surface area contributed by atoms with Crippen LogP contribution in [0.5, 0.6) is 0 Å². The smallest absolute Gasteiger partial charge is 0.372 e. The van der Waals surface area contributed by atoms with Crippen molar-refractivity contribution in [3.8, 4) is 0 Å². The molecule has 3 rings (SSSR count). The molecule has 0 aliphatic heterocycles. The van der Waals surface area contributed by atoms with Gasteiger partial charge in [0.25, 0.3) is 0 Å². The van der Waals surface area contributed by atoms with Gasteiger partial charge in [0, 0.05) is 21.7 Å². The zero-order valence-corrected chi connectivity index (χ0v) is 12.3. The second kappa shape index (κ2) is 4.83. The second-order valence-electron chi connectivity index (χ2n) is 4.68. The van der Waals surface area contributed by atoms with Gasteiger partial charge >= 0.3 is 5.97 Å². The fourth-order valence-corrected chi connectivity index (χ4v) is 2.65. The van der Waals surface area contributed by atoms with E-state index in [1.165, 1.54) is 0 Å². The summed E-state index contributed by atoms with van der Waals surface area (Å²) >= 11 is 3.46. The maximum atomic E-state index is 11.0. The van der Waals surface area contributed by atoms with Crippen LogP contribution in [0.3, 0.4) is 0 Å². The van der Waals surface area contributed by atoms with E-state index in [-0.39, 0.29) is 5.76 Å². The van der Waals surface area contributed by atoms with Crippen LogP contribution in [-0.2, 0) is 6.54 Å². The molecule has 0 unspecified atom stereocenters. The van der Waals surface area contributed by atoms with Gasteiger partial charge in [0.05, 0.1) is 6.54 Å². The largest absolute Gasteiger partial charge is 0.475 e. The fourth-order valence-electron chi connectivity index (χ4n) is 2.30. The summed E-state index contributed by atoms with van der Waals surface area (Å²) in [5, 5.41) is 10.1. The Labute approximate surface area is 123 Å². The molecule has 0 aliphatic carbocycles. The number of carbonyl (C=O) groups is 1. The van der Waals surface area contributed by atoms with E-state index in [9.17, 15) is 4.79 Å². The molecular weight excluding hydrogens is 322 g/mol. The second-order valence-corrected chi connectivity index (χ2v) is 5.59. The van der Waals surface area contributed by atoms with Gasteiger partial charge in [-0.25, -0.2) is 4.79 Å². The molecule has 2 aromatic heterocycles. The third-order valence-electron chi connectivity index (χ3n) is 3.23. The summed E-state index contributed by atoms with van der Waals surface area (Å²) in [4.78, 5) is 11.0. The van der Waals surface area contributed by atoms with Crippen molar-refractivity contribution in [1.82, 2.24) is 4.57 Å². The molecule has 0 atom stereocenters. The maximum absolute atomic E-state index is 11.0. The van der Waals surface area contributed by atoms with Crippen molar-refractivity contribution in [2.75, 3.05) is 0 Å². The van der Waals surface area contributed by atoms with Crippen LogP contribution in [0.4, 0.5) is 0 Å². The first-order valence-electron chi connectivity index (χ1n) is 6.11. The number of rotatable bonds is 3. The lowest BCUT2D eigenvalue weighted by molar-refractivity contribution is 0.0659. The third-order valence-corrected chi connectivity index (χ3v) is 3.72. The lowest BCUT2D eigenvalue weighted by Crippen LogP contribution is -1.97. The number of nitrogens with zero attached hydrogens (tertiary/aromatic N) is 1. The Balaban J connectivity index is 1.99. The van der Waals surface area contributed by atoms with Crippen molar-refractivity contribution >= 4 is 32.8 Å². The Morgan fingerprint density at radius 2 is 2.15 bits per heavy atom. The number of aromatic carboxylic acids is 1. The number of hydrogen-bond acceptors (Lipinski definition) is 2. The minimum atomic E-state index is -1.03. The minimum absolute atomic E-state index is 0.0117. The van der Waals surface area contributed by atoms with Gasteiger partial charge in [-0.15, -0.1) is 0 Å². The Hall–Kier alpha value is -2.01. The molecule has 0 radical (unpaired) electrons. The standard InChI is InChI=1S/C15H12BrNO3/c1-9-6-12(20-14(9)15(18)19)8-17-5-4-10-2-3-11(16)7-13(10)17/h2-7H,8H2,1H3,(H,18,19). The van der Waals surface area contributed by atoms with Crippen molar-refractivity contribution < 1.29 is 14.3 Å². The summed E-state index contributed by atoms with van der Waals surface area (Å²) in [7, 11) is 0. The molecule has 20 heavy (non-hydrogen) atoms. The van der Waals surface area contributed by atoms with E-state index in [0.29, 0.717) is 17.9 Å². The minimum Gasteiger partial charge on any atom is -0.475 e. The number of furan rings is 1. The summed E-state index contributed by atoms with van der Waals surface area (Å²) < 4.78 is 8.43. The highest BCUT2D eigenvalue weighted by atomic mass is 79.9. The molecule has 3 aromatic rings. The Morgan fingerprint density at radius 3 is 2.85 bits per heavy atom. The van der Waals surface area contributed by atoms with Gasteiger partial charge < -0.3 is 14.1 Å². The Morgan fingerprint density at radius 1 is 1.35 bits per heavy atom. The SMILES string of the molecule is Cc1cc(Cn2ccc3ccc(Br)cc32)oc1C(=O)O. The Kier molecular flexibility index (Phi) is 3.14. The highest BCUT2D eigenvalue weighted by molar-refractivity contribution is 9.10. The lowest BCUT2D eigenvalue weighted by Gasteiger charge is -2.03. The molecule has 0 saturated heterocycles. The molecular formula is C15H12BrNO3. The monoisotopic (exact) mass is 333 g/mol. The zero-order chi connectivity index (χ0) is 14.3. The van der Waals surface area contributed by atoms with Gasteiger partial charge in [-0.2, -0.15) is 0 Å². The molecule has 1 aromatic carbocycles. The van der Waals surface area contributed by atoms with Crippen LogP contribution in [0, 0.1) is 6.92 Å². The van der Waals surface area contributed by atoms with Gasteiger partial charge in [-0.1, -0.05) is 22.0 Å². The van der Waals surface area contributed by atoms with Crippen LogP contribution in [-0.4, -0.2) is 15.6 Å². The molecule has 0 amide bonds. The highest BCUT2D eigenvalue weighted by Gasteiger charge is 2.14. The van der Waals surface area contributed by atoms with Crippen molar-refractivity contribution in [2.24, 2.45) is 0 Å². The maximum Gasteiger partial charge on any atom is 0.372 e. The van der Waals surface area contributed by atoms with Gasteiger partial charge in [0.15, 0.2) is 0 Å². The predicted molar refractivity (Wildman–Crippen MR) is 79.1 cm³/mol. The highest BCUT2D eigenvalue weighted by Crippen LogP contribution is 2.23. The molecule has 0 aliphatic rings. The van der Waals surface area contributed by atoms with Crippen LogP contribution in [0.15, 0.2) is 45.4 Å². The summed E-state index contributed by atoms with van der Waals surface area (Å²) in [5.74, 6) is -0.385. The van der Waals surface area contributed by atoms with Gasteiger partial charge in [-0.05, 0) is 36.6 Å². The molecule has 5 heteroatoms. The van der Waals surface area contributed by atoms with E-state index >= 15 is 0 Å². The number of benzene rings is 1. The first-order valence-corrected chi connectivity index (χ1v) is 6.91. The summed E-state index contributed by atoms with van der Waals surface area (Å²) in [5.41, 5.74) is 1.72. The van der Waals surface area contributed by atoms with Crippen LogP contribution in [0.25, 0.3) is 10.9 Å². The predicted octanol–water partition coefficient (Wildman–Crippen LogP) is 4.05. The van der Waals surface area contributed by atoms with E-state index in [2.05, 4.69) is 15.9 Å². The molecule has 0 saturated carbocycles. The number of fused-ring (bicyclic) bond motifs is 1. The summed E-state index contributed by atoms with van der Waals surface area (Å²) in [6.07, 6.45) is 1.97. The molecule has 1 N–H and O–H groups in total. The molecule has 102 valence electrons. The molecule has 4 nitrogen and oxygen atoms in total. The van der Waals surface area contributed by atoms with Crippen LogP contribution < -0.4 is 0 Å². The van der Waals surface area contributed by atoms with Crippen molar-refractivity contribution in [3.63, 3.8) is 0 Å². The number of aromatic nitrogens is 1. The molecule has 0 spiro atoms. The van der Waals surface area contributed by atoms with E-state index in [0.717, 1.165) is 15.4 Å². The van der Waals surface area contributed by atoms with Gasteiger partial charge in [0.1, 0.15) is 5.76 Å². The van der Waals surface area contributed by atoms with Crippen molar-refractivity contribution in [2.45, 2.75) is 13.5 Å². The average Bonchev–Trinajstić information content (AvgIpc) is 2.94. The number of carboxylic acids is 1. The number of halogens is 1. The van der Waals surface area contributed by atoms with Crippen LogP contribution in [0.2, 0.25) is 0 Å². The summed E-state index contributed by atoms with van der Waals surface area (Å²) in [6, 6.07) is 9.85. The normalized spacial score (nSPS) is 11.1. The van der Waals surface area contributed by atoms with Crippen LogP contribution >= 0.6 is 15.9 Å². The van der Waals surface area contributed by atoms with E-state index < -0.39 is 5.97 Å². The molecule has 0 bridgehead atoms. The fraction of sp³-hybridized carbons (Fsp3) is 0.133. The van der Waals surface area contributed by atoms with Crippen molar-refractivity contribution in [1.29, 1.82) is 0 Å². The van der Waals surface area contributed by atoms with Crippen molar-refractivity contribution in [3.05, 3.63) is 58.1 Å². The average molecular weight is 334 g/mol. The van der Waals surface area contributed by atoms with Gasteiger partial charge in [-0.3, -0.25) is 0 Å². The zero-order valence-electron chi connectivity index (χ0n) is 10.8. The molecule has 2 heterocycles. The topological polar surface area (TPSA) is 55.4 Å². The number of hydrogen-bond donors (Lipinski definition) is 1. The quantitative estimate of drug-likeness (QED) is 0.786. The first kappa shape index (κ1) is 13.0. The third kappa shape index (κ3) is 2.25. The lowest BCUT2D eigenvalue weighted by atomic mass is 10.2. The number of carboxylic acid groups (broad SMARTS) is 1. The number of aryl methyl sites for hydroxylation is 1. The van der Waals surface area contributed by atoms with Gasteiger partial charge in [0.2, 0.25) is 5.76 Å².